The third-order valence-corrected chi connectivity index (χ3v) is 2.62. The highest BCUT2D eigenvalue weighted by molar-refractivity contribution is 5.03. The first-order valence-electron chi connectivity index (χ1n) is 5.80. The number of aromatic amines is 1. The smallest absolute Gasteiger partial charge is 0.125 e. The van der Waals surface area contributed by atoms with Gasteiger partial charge in [0.15, 0.2) is 0 Å². The Morgan fingerprint density at radius 1 is 1.35 bits per heavy atom. The Labute approximate surface area is 101 Å². The van der Waals surface area contributed by atoms with Crippen LogP contribution in [0.2, 0.25) is 0 Å². The first kappa shape index (κ1) is 11.7. The van der Waals surface area contributed by atoms with Crippen LogP contribution in [0.5, 0.6) is 0 Å². The van der Waals surface area contributed by atoms with Gasteiger partial charge in [-0.15, -0.1) is 0 Å². The molecule has 90 valence electrons. The number of H-pyrrole nitrogens is 1. The maximum Gasteiger partial charge on any atom is 0.125 e. The molecule has 1 unspecified atom stereocenters. The zero-order valence-corrected chi connectivity index (χ0v) is 10.1. The molecule has 0 saturated carbocycles. The molecule has 17 heavy (non-hydrogen) atoms. The van der Waals surface area contributed by atoms with Crippen molar-refractivity contribution < 1.29 is 0 Å². The Bertz CT molecular complexity index is 452. The van der Waals surface area contributed by atoms with Crippen molar-refractivity contribution in [1.29, 1.82) is 0 Å². The van der Waals surface area contributed by atoms with Gasteiger partial charge in [0, 0.05) is 25.1 Å². The second-order valence-electron chi connectivity index (χ2n) is 3.91. The minimum Gasteiger partial charge on any atom is -0.347 e. The number of nitrogens with one attached hydrogen (secondary N) is 2. The van der Waals surface area contributed by atoms with Crippen molar-refractivity contribution in [2.75, 3.05) is 0 Å². The molecule has 0 aliphatic rings. The number of aryl methyl sites for hydroxylation is 1. The molecule has 0 bridgehead atoms. The topological polar surface area (TPSA) is 66.5 Å². The largest absolute Gasteiger partial charge is 0.347 e. The molecule has 0 aliphatic heterocycles. The van der Waals surface area contributed by atoms with Crippen LogP contribution in [0.4, 0.5) is 0 Å². The van der Waals surface area contributed by atoms with E-state index in [-0.39, 0.29) is 6.04 Å². The highest BCUT2D eigenvalue weighted by Gasteiger charge is 2.10. The molecule has 0 saturated heterocycles. The normalized spacial score (nSPS) is 12.6. The molecule has 2 aromatic heterocycles. The first-order chi connectivity index (χ1) is 8.29. The molecule has 2 heterocycles. The summed E-state index contributed by atoms with van der Waals surface area (Å²) in [6.45, 7) is 4.75. The quantitative estimate of drug-likeness (QED) is 0.822. The van der Waals surface area contributed by atoms with Crippen LogP contribution in [-0.2, 0) is 6.54 Å². The Balaban J connectivity index is 1.97. The number of hydrogen-bond donors (Lipinski definition) is 2. The second kappa shape index (κ2) is 5.54. The van der Waals surface area contributed by atoms with Crippen molar-refractivity contribution in [2.45, 2.75) is 32.9 Å². The van der Waals surface area contributed by atoms with Gasteiger partial charge in [-0.3, -0.25) is 0 Å². The van der Waals surface area contributed by atoms with E-state index < -0.39 is 0 Å². The lowest BCUT2D eigenvalue weighted by atomic mass is 10.2. The molecule has 0 fully saturated rings. The third kappa shape index (κ3) is 3.10. The summed E-state index contributed by atoms with van der Waals surface area (Å²) in [4.78, 5) is 15.8. The minimum atomic E-state index is 0.236. The van der Waals surface area contributed by atoms with Crippen LogP contribution in [0.3, 0.4) is 0 Å². The van der Waals surface area contributed by atoms with E-state index in [1.54, 1.807) is 12.4 Å². The van der Waals surface area contributed by atoms with Crippen molar-refractivity contribution in [2.24, 2.45) is 0 Å². The van der Waals surface area contributed by atoms with Gasteiger partial charge in [0.2, 0.25) is 0 Å². The van der Waals surface area contributed by atoms with Crippen LogP contribution in [0, 0.1) is 6.92 Å². The molecule has 0 amide bonds. The van der Waals surface area contributed by atoms with Crippen LogP contribution in [0.15, 0.2) is 24.7 Å². The van der Waals surface area contributed by atoms with Gasteiger partial charge in [-0.25, -0.2) is 15.0 Å². The van der Waals surface area contributed by atoms with Gasteiger partial charge in [-0.1, -0.05) is 6.92 Å². The number of aromatic nitrogens is 4. The maximum atomic E-state index is 4.36. The van der Waals surface area contributed by atoms with Gasteiger partial charge in [-0.05, 0) is 19.4 Å². The van der Waals surface area contributed by atoms with Crippen LogP contribution < -0.4 is 5.32 Å². The molecule has 0 radical (unpaired) electrons. The Hall–Kier alpha value is -1.75. The second-order valence-corrected chi connectivity index (χ2v) is 3.91. The number of nitrogens with zero attached hydrogens (tertiary/aromatic N) is 3. The Kier molecular flexibility index (Phi) is 3.82. The van der Waals surface area contributed by atoms with E-state index in [0.717, 1.165) is 30.3 Å². The van der Waals surface area contributed by atoms with Crippen LogP contribution >= 0.6 is 0 Å². The fourth-order valence-electron chi connectivity index (χ4n) is 1.73. The van der Waals surface area contributed by atoms with E-state index in [2.05, 4.69) is 32.2 Å². The molecular formula is C12H17N5. The zero-order valence-electron chi connectivity index (χ0n) is 10.1. The lowest BCUT2D eigenvalue weighted by Gasteiger charge is -2.14. The summed E-state index contributed by atoms with van der Waals surface area (Å²) < 4.78 is 0. The van der Waals surface area contributed by atoms with E-state index in [4.69, 9.17) is 0 Å². The van der Waals surface area contributed by atoms with E-state index in [0.29, 0.717) is 0 Å². The number of hydrogen-bond acceptors (Lipinski definition) is 4. The third-order valence-electron chi connectivity index (χ3n) is 2.62. The highest BCUT2D eigenvalue weighted by Crippen LogP contribution is 2.11. The first-order valence-corrected chi connectivity index (χ1v) is 5.80. The molecule has 2 rings (SSSR count). The molecule has 0 spiro atoms. The number of imidazole rings is 1. The lowest BCUT2D eigenvalue weighted by Crippen LogP contribution is -2.22. The Morgan fingerprint density at radius 2 is 2.24 bits per heavy atom. The van der Waals surface area contributed by atoms with E-state index in [1.807, 2.05) is 19.2 Å². The van der Waals surface area contributed by atoms with Crippen LogP contribution in [0.1, 0.15) is 36.7 Å². The van der Waals surface area contributed by atoms with Gasteiger partial charge < -0.3 is 10.3 Å². The average Bonchev–Trinajstić information content (AvgIpc) is 2.84. The summed E-state index contributed by atoms with van der Waals surface area (Å²) >= 11 is 0. The maximum absolute atomic E-state index is 4.36. The molecule has 1 atom stereocenters. The SMILES string of the molecule is CCC(NCc1ccnc(C)n1)c1ncc[nH]1. The predicted octanol–water partition coefficient (Wildman–Crippen LogP) is 1.75. The van der Waals surface area contributed by atoms with Crippen LogP contribution in [-0.4, -0.2) is 19.9 Å². The summed E-state index contributed by atoms with van der Waals surface area (Å²) in [5, 5.41) is 3.43. The average molecular weight is 231 g/mol. The highest BCUT2D eigenvalue weighted by atomic mass is 15.0. The van der Waals surface area contributed by atoms with Crippen molar-refractivity contribution in [3.63, 3.8) is 0 Å². The fourth-order valence-corrected chi connectivity index (χ4v) is 1.73. The molecule has 5 heteroatoms. The summed E-state index contributed by atoms with van der Waals surface area (Å²) in [6, 6.07) is 2.16. The van der Waals surface area contributed by atoms with Gasteiger partial charge >= 0.3 is 0 Å². The number of rotatable bonds is 5. The van der Waals surface area contributed by atoms with Crippen LogP contribution in [0.25, 0.3) is 0 Å². The van der Waals surface area contributed by atoms with Crippen molar-refractivity contribution in [3.8, 4) is 0 Å². The standard InChI is InChI=1S/C12H17N5/c1-3-11(12-14-6-7-15-12)16-8-10-4-5-13-9(2)17-10/h4-7,11,16H,3,8H2,1-2H3,(H,14,15). The van der Waals surface area contributed by atoms with E-state index in [9.17, 15) is 0 Å². The summed E-state index contributed by atoms with van der Waals surface area (Å²) in [7, 11) is 0. The fraction of sp³-hybridized carbons (Fsp3) is 0.417. The van der Waals surface area contributed by atoms with Crippen molar-refractivity contribution in [3.05, 3.63) is 42.0 Å². The van der Waals surface area contributed by atoms with Gasteiger partial charge in [0.25, 0.3) is 0 Å². The Morgan fingerprint density at radius 3 is 2.88 bits per heavy atom. The van der Waals surface area contributed by atoms with Crippen molar-refractivity contribution >= 4 is 0 Å². The monoisotopic (exact) mass is 231 g/mol. The van der Waals surface area contributed by atoms with Gasteiger partial charge in [-0.2, -0.15) is 0 Å². The molecular weight excluding hydrogens is 214 g/mol. The van der Waals surface area contributed by atoms with Crippen molar-refractivity contribution in [1.82, 2.24) is 25.3 Å². The van der Waals surface area contributed by atoms with E-state index >= 15 is 0 Å². The van der Waals surface area contributed by atoms with Gasteiger partial charge in [0.1, 0.15) is 11.6 Å². The molecule has 2 N–H and O–H groups in total. The summed E-state index contributed by atoms with van der Waals surface area (Å²) in [5.41, 5.74) is 1.00. The molecule has 5 nitrogen and oxygen atoms in total. The summed E-state index contributed by atoms with van der Waals surface area (Å²) in [6.07, 6.45) is 6.38. The van der Waals surface area contributed by atoms with Gasteiger partial charge in [0.05, 0.1) is 11.7 Å². The zero-order chi connectivity index (χ0) is 12.1. The lowest BCUT2D eigenvalue weighted by molar-refractivity contribution is 0.493. The summed E-state index contributed by atoms with van der Waals surface area (Å²) in [5.74, 6) is 1.77. The molecule has 0 aliphatic carbocycles. The molecule has 0 aromatic carbocycles. The van der Waals surface area contributed by atoms with E-state index in [1.165, 1.54) is 0 Å². The minimum absolute atomic E-state index is 0.236. The molecule has 2 aromatic rings. The predicted molar refractivity (Wildman–Crippen MR) is 65.2 cm³/mol.